The number of fused-ring (bicyclic) bond motifs is 1. The number of amides is 1. The molecule has 0 bridgehead atoms. The molecule has 0 aliphatic carbocycles. The lowest BCUT2D eigenvalue weighted by Crippen LogP contribution is -2.35. The normalized spacial score (nSPS) is 16.8. The minimum absolute atomic E-state index is 0.0387. The Hall–Kier alpha value is -2.67. The number of carbonyl (C=O) groups excluding carboxylic acids is 1. The molecule has 1 aliphatic heterocycles. The molecule has 30 heavy (non-hydrogen) atoms. The summed E-state index contributed by atoms with van der Waals surface area (Å²) in [5.74, 6) is 1.70. The Morgan fingerprint density at radius 2 is 1.97 bits per heavy atom. The van der Waals surface area contributed by atoms with Gasteiger partial charge < -0.3 is 14.8 Å². The number of aryl methyl sites for hydroxylation is 1. The fourth-order valence-electron chi connectivity index (χ4n) is 4.46. The zero-order valence-corrected chi connectivity index (χ0v) is 18.2. The summed E-state index contributed by atoms with van der Waals surface area (Å²) in [4.78, 5) is 20.5. The number of benzene rings is 1. The van der Waals surface area contributed by atoms with Crippen LogP contribution in [0.2, 0.25) is 0 Å². The summed E-state index contributed by atoms with van der Waals surface area (Å²) in [6.07, 6.45) is 5.73. The second kappa shape index (κ2) is 9.00. The van der Waals surface area contributed by atoms with E-state index in [0.717, 1.165) is 68.0 Å². The smallest absolute Gasteiger partial charge is 0.248 e. The summed E-state index contributed by atoms with van der Waals surface area (Å²) in [7, 11) is 0. The number of aromatic nitrogens is 4. The second-order valence-electron chi connectivity index (χ2n) is 8.13. The highest BCUT2D eigenvalue weighted by atomic mass is 16.2. The second-order valence-corrected chi connectivity index (χ2v) is 8.13. The molecule has 7 nitrogen and oxygen atoms in total. The van der Waals surface area contributed by atoms with Gasteiger partial charge in [-0.15, -0.1) is 0 Å². The molecule has 0 saturated carbocycles. The van der Waals surface area contributed by atoms with E-state index < -0.39 is 0 Å². The Kier molecular flexibility index (Phi) is 6.18. The fraction of sp³-hybridized carbons (Fsp3) is 0.522. The third kappa shape index (κ3) is 3.99. The first-order valence-corrected chi connectivity index (χ1v) is 11.1. The zero-order chi connectivity index (χ0) is 21.1. The maximum atomic E-state index is 13.2. The Bertz CT molecular complexity index is 998. The van der Waals surface area contributed by atoms with Crippen molar-refractivity contribution in [3.05, 3.63) is 42.4 Å². The number of para-hydroxylation sites is 2. The molecule has 0 radical (unpaired) electrons. The number of anilines is 1. The number of nitrogens with zero attached hydrogens (tertiary/aromatic N) is 5. The molecule has 1 amide bonds. The lowest BCUT2D eigenvalue weighted by atomic mass is 10.1. The van der Waals surface area contributed by atoms with Crippen molar-refractivity contribution in [2.75, 3.05) is 25.0 Å². The lowest BCUT2D eigenvalue weighted by molar-refractivity contribution is -0.118. The van der Waals surface area contributed by atoms with Crippen molar-refractivity contribution in [3.63, 3.8) is 0 Å². The number of piperidine rings is 1. The van der Waals surface area contributed by atoms with Crippen molar-refractivity contribution in [2.45, 2.75) is 58.5 Å². The maximum Gasteiger partial charge on any atom is 0.248 e. The molecule has 0 spiro atoms. The average molecular weight is 409 g/mol. The largest absolute Gasteiger partial charge is 0.316 e. The Labute approximate surface area is 178 Å². The van der Waals surface area contributed by atoms with Gasteiger partial charge >= 0.3 is 0 Å². The summed E-state index contributed by atoms with van der Waals surface area (Å²) in [6.45, 7) is 9.53. The van der Waals surface area contributed by atoms with Gasteiger partial charge in [-0.3, -0.25) is 4.79 Å². The van der Waals surface area contributed by atoms with E-state index in [9.17, 15) is 4.79 Å². The Balaban J connectivity index is 1.54. The van der Waals surface area contributed by atoms with Crippen LogP contribution in [-0.2, 0) is 11.2 Å². The Morgan fingerprint density at radius 3 is 2.70 bits per heavy atom. The molecule has 0 unspecified atom stereocenters. The topological polar surface area (TPSA) is 68.0 Å². The number of rotatable bonds is 7. The van der Waals surface area contributed by atoms with E-state index in [-0.39, 0.29) is 11.9 Å². The van der Waals surface area contributed by atoms with Gasteiger partial charge in [0, 0.05) is 25.6 Å². The van der Waals surface area contributed by atoms with E-state index in [1.807, 2.05) is 41.9 Å². The molecule has 7 heteroatoms. The van der Waals surface area contributed by atoms with E-state index in [2.05, 4.69) is 33.7 Å². The fourth-order valence-corrected chi connectivity index (χ4v) is 4.46. The predicted molar refractivity (Wildman–Crippen MR) is 120 cm³/mol. The van der Waals surface area contributed by atoms with Crippen molar-refractivity contribution >= 4 is 22.8 Å². The SMILES string of the molecule is CCCc1nc2ccccc2n1[C@@H](C)C(=O)Nc1ccnn1C1CCN(CC)CC1. The number of carbonyl (C=O) groups is 1. The summed E-state index contributed by atoms with van der Waals surface area (Å²) >= 11 is 0. The number of hydrogen-bond acceptors (Lipinski definition) is 4. The minimum atomic E-state index is -0.357. The van der Waals surface area contributed by atoms with Gasteiger partial charge in [-0.1, -0.05) is 26.0 Å². The van der Waals surface area contributed by atoms with Crippen LogP contribution < -0.4 is 5.32 Å². The molecule has 1 aliphatic rings. The van der Waals surface area contributed by atoms with E-state index in [1.54, 1.807) is 6.20 Å². The van der Waals surface area contributed by atoms with Crippen molar-refractivity contribution in [3.8, 4) is 0 Å². The van der Waals surface area contributed by atoms with Gasteiger partial charge in [0.05, 0.1) is 23.3 Å². The third-order valence-corrected chi connectivity index (χ3v) is 6.18. The summed E-state index contributed by atoms with van der Waals surface area (Å²) < 4.78 is 4.07. The first-order chi connectivity index (χ1) is 14.6. The molecule has 1 atom stereocenters. The molecule has 160 valence electrons. The molecule has 3 aromatic rings. The van der Waals surface area contributed by atoms with Crippen LogP contribution in [0.15, 0.2) is 36.5 Å². The van der Waals surface area contributed by atoms with Gasteiger partial charge in [0.2, 0.25) is 5.91 Å². The molecule has 1 N–H and O–H groups in total. The van der Waals surface area contributed by atoms with E-state index in [0.29, 0.717) is 6.04 Å². The highest BCUT2D eigenvalue weighted by molar-refractivity contribution is 5.94. The molecular weight excluding hydrogens is 376 g/mol. The van der Waals surface area contributed by atoms with Crippen molar-refractivity contribution in [1.29, 1.82) is 0 Å². The van der Waals surface area contributed by atoms with E-state index in [1.165, 1.54) is 0 Å². The minimum Gasteiger partial charge on any atom is -0.316 e. The number of hydrogen-bond donors (Lipinski definition) is 1. The number of imidazole rings is 1. The third-order valence-electron chi connectivity index (χ3n) is 6.18. The van der Waals surface area contributed by atoms with Gasteiger partial charge in [0.15, 0.2) is 0 Å². The van der Waals surface area contributed by atoms with Crippen LogP contribution in [0.5, 0.6) is 0 Å². The summed E-state index contributed by atoms with van der Waals surface area (Å²) in [6, 6.07) is 9.91. The standard InChI is InChI=1S/C23H32N6O/c1-4-8-21-25-19-9-6-7-10-20(19)28(21)17(3)23(30)26-22-11-14-24-29(22)18-12-15-27(5-2)16-13-18/h6-7,9-11,14,17-18H,4-5,8,12-13,15-16H2,1-3H3,(H,26,30)/t17-/m0/s1. The van der Waals surface area contributed by atoms with Crippen molar-refractivity contribution in [1.82, 2.24) is 24.2 Å². The van der Waals surface area contributed by atoms with Gasteiger partial charge in [0.25, 0.3) is 0 Å². The highest BCUT2D eigenvalue weighted by Crippen LogP contribution is 2.27. The maximum absolute atomic E-state index is 13.2. The van der Waals surface area contributed by atoms with Gasteiger partial charge in [0.1, 0.15) is 17.7 Å². The Morgan fingerprint density at radius 1 is 1.20 bits per heavy atom. The molecule has 3 heterocycles. The predicted octanol–water partition coefficient (Wildman–Crippen LogP) is 4.04. The first kappa shape index (κ1) is 20.6. The van der Waals surface area contributed by atoms with Crippen molar-refractivity contribution in [2.24, 2.45) is 0 Å². The first-order valence-electron chi connectivity index (χ1n) is 11.1. The highest BCUT2D eigenvalue weighted by Gasteiger charge is 2.25. The molecule has 4 rings (SSSR count). The van der Waals surface area contributed by atoms with Gasteiger partial charge in [-0.05, 0) is 44.9 Å². The summed E-state index contributed by atoms with van der Waals surface area (Å²) in [5, 5.41) is 7.66. The van der Waals surface area contributed by atoms with Crippen LogP contribution in [0.25, 0.3) is 11.0 Å². The monoisotopic (exact) mass is 408 g/mol. The average Bonchev–Trinajstić information content (AvgIpc) is 3.37. The quantitative estimate of drug-likeness (QED) is 0.641. The van der Waals surface area contributed by atoms with Gasteiger partial charge in [-0.25, -0.2) is 9.67 Å². The van der Waals surface area contributed by atoms with Gasteiger partial charge in [-0.2, -0.15) is 5.10 Å². The molecule has 2 aromatic heterocycles. The molecule has 1 aromatic carbocycles. The van der Waals surface area contributed by atoms with Crippen LogP contribution >= 0.6 is 0 Å². The van der Waals surface area contributed by atoms with Crippen molar-refractivity contribution < 1.29 is 4.79 Å². The lowest BCUT2D eigenvalue weighted by Gasteiger charge is -2.32. The van der Waals surface area contributed by atoms with E-state index >= 15 is 0 Å². The van der Waals surface area contributed by atoms with E-state index in [4.69, 9.17) is 4.98 Å². The van der Waals surface area contributed by atoms with Crippen LogP contribution in [0.1, 0.15) is 57.9 Å². The number of likely N-dealkylation sites (tertiary alicyclic amines) is 1. The van der Waals surface area contributed by atoms with Crippen LogP contribution in [0, 0.1) is 0 Å². The van der Waals surface area contributed by atoms with Crippen LogP contribution in [0.4, 0.5) is 5.82 Å². The number of nitrogens with one attached hydrogen (secondary N) is 1. The summed E-state index contributed by atoms with van der Waals surface area (Å²) in [5.41, 5.74) is 1.94. The van der Waals surface area contributed by atoms with Crippen LogP contribution in [-0.4, -0.2) is 49.8 Å². The molecule has 1 saturated heterocycles. The molecule has 1 fully saturated rings. The van der Waals surface area contributed by atoms with Crippen LogP contribution in [0.3, 0.4) is 0 Å². The molecular formula is C23H32N6O. The zero-order valence-electron chi connectivity index (χ0n) is 18.2.